The molecule has 1 aromatic rings. The molecule has 0 radical (unpaired) electrons. The second-order valence-corrected chi connectivity index (χ2v) is 5.49. The van der Waals surface area contributed by atoms with Gasteiger partial charge in [0.15, 0.2) is 0 Å². The highest BCUT2D eigenvalue weighted by molar-refractivity contribution is 9.10. The monoisotopic (exact) mass is 317 g/mol. The summed E-state index contributed by atoms with van der Waals surface area (Å²) in [6, 6.07) is 7.33. The first-order valence-electron chi connectivity index (χ1n) is 5.86. The highest BCUT2D eigenvalue weighted by Gasteiger charge is 2.36. The smallest absolute Gasteiger partial charge is 0.265 e. The van der Waals surface area contributed by atoms with Crippen LogP contribution in [-0.2, 0) is 11.2 Å². The van der Waals surface area contributed by atoms with E-state index in [2.05, 4.69) is 15.9 Å². The zero-order chi connectivity index (χ0) is 13.2. The summed E-state index contributed by atoms with van der Waals surface area (Å²) >= 11 is 3.31. The van der Waals surface area contributed by atoms with Gasteiger partial charge < -0.3 is 4.90 Å². The lowest BCUT2D eigenvalue weighted by molar-refractivity contribution is -0.140. The number of halogens is 3. The van der Waals surface area contributed by atoms with Crippen molar-refractivity contribution in [3.05, 3.63) is 34.3 Å². The van der Waals surface area contributed by atoms with Gasteiger partial charge in [-0.25, -0.2) is 8.78 Å². The van der Waals surface area contributed by atoms with Crippen molar-refractivity contribution in [3.8, 4) is 0 Å². The van der Waals surface area contributed by atoms with Gasteiger partial charge in [-0.05, 0) is 24.1 Å². The summed E-state index contributed by atoms with van der Waals surface area (Å²) in [5.74, 6) is -2.95. The largest absolute Gasteiger partial charge is 0.336 e. The molecular formula is C13H14BrF2NO. The van der Waals surface area contributed by atoms with E-state index in [1.807, 2.05) is 24.3 Å². The summed E-state index contributed by atoms with van der Waals surface area (Å²) in [7, 11) is 0. The summed E-state index contributed by atoms with van der Waals surface area (Å²) in [4.78, 5) is 13.2. The standard InChI is InChI=1S/C13H14BrF2NO/c14-11-4-2-10(3-5-11)8-12(18)17-7-1-6-13(15,16)9-17/h2-5H,1,6-9H2. The number of nitrogens with zero attached hydrogens (tertiary/aromatic N) is 1. The van der Waals surface area contributed by atoms with Crippen molar-refractivity contribution < 1.29 is 13.6 Å². The number of rotatable bonds is 2. The second-order valence-electron chi connectivity index (χ2n) is 4.58. The number of carbonyl (C=O) groups excluding carboxylic acids is 1. The van der Waals surface area contributed by atoms with Crippen LogP contribution in [0.3, 0.4) is 0 Å². The zero-order valence-electron chi connectivity index (χ0n) is 9.83. The Morgan fingerprint density at radius 3 is 2.61 bits per heavy atom. The molecule has 0 spiro atoms. The molecule has 0 N–H and O–H groups in total. The molecule has 0 aromatic heterocycles. The van der Waals surface area contributed by atoms with Crippen molar-refractivity contribution in [2.45, 2.75) is 25.2 Å². The molecule has 0 unspecified atom stereocenters. The molecule has 2 nitrogen and oxygen atoms in total. The fourth-order valence-corrected chi connectivity index (χ4v) is 2.33. The van der Waals surface area contributed by atoms with Crippen LogP contribution in [-0.4, -0.2) is 29.8 Å². The number of alkyl halides is 2. The Kier molecular flexibility index (Phi) is 4.00. The van der Waals surface area contributed by atoms with Crippen LogP contribution in [0.2, 0.25) is 0 Å². The number of amides is 1. The highest BCUT2D eigenvalue weighted by atomic mass is 79.9. The first kappa shape index (κ1) is 13.5. The SMILES string of the molecule is O=C(Cc1ccc(Br)cc1)N1CCCC(F)(F)C1. The molecule has 98 valence electrons. The molecule has 0 atom stereocenters. The number of likely N-dealkylation sites (tertiary alicyclic amines) is 1. The van der Waals surface area contributed by atoms with Crippen molar-refractivity contribution in [2.24, 2.45) is 0 Å². The van der Waals surface area contributed by atoms with Gasteiger partial charge in [0.2, 0.25) is 5.91 Å². The van der Waals surface area contributed by atoms with Crippen molar-refractivity contribution in [1.29, 1.82) is 0 Å². The van der Waals surface area contributed by atoms with Gasteiger partial charge >= 0.3 is 0 Å². The Labute approximate surface area is 113 Å². The van der Waals surface area contributed by atoms with Gasteiger partial charge in [-0.2, -0.15) is 0 Å². The van der Waals surface area contributed by atoms with Crippen LogP contribution in [0.15, 0.2) is 28.7 Å². The van der Waals surface area contributed by atoms with Crippen LogP contribution in [0.25, 0.3) is 0 Å². The van der Waals surface area contributed by atoms with Crippen LogP contribution in [0, 0.1) is 0 Å². The minimum absolute atomic E-state index is 0.116. The van der Waals surface area contributed by atoms with E-state index in [1.54, 1.807) is 0 Å². The van der Waals surface area contributed by atoms with Gasteiger partial charge in [-0.3, -0.25) is 4.79 Å². The molecule has 1 saturated heterocycles. The van der Waals surface area contributed by atoms with Crippen molar-refractivity contribution in [3.63, 3.8) is 0 Å². The van der Waals surface area contributed by atoms with Crippen LogP contribution in [0.5, 0.6) is 0 Å². The molecule has 18 heavy (non-hydrogen) atoms. The average Bonchev–Trinajstić information content (AvgIpc) is 2.31. The molecule has 0 aliphatic carbocycles. The maximum absolute atomic E-state index is 13.2. The first-order chi connectivity index (χ1) is 8.46. The van der Waals surface area contributed by atoms with E-state index in [9.17, 15) is 13.6 Å². The quantitative estimate of drug-likeness (QED) is 0.820. The molecular weight excluding hydrogens is 304 g/mol. The molecule has 0 bridgehead atoms. The van der Waals surface area contributed by atoms with Gasteiger partial charge in [-0.15, -0.1) is 0 Å². The average molecular weight is 318 g/mol. The fraction of sp³-hybridized carbons (Fsp3) is 0.462. The van der Waals surface area contributed by atoms with E-state index < -0.39 is 12.5 Å². The van der Waals surface area contributed by atoms with E-state index in [1.165, 1.54) is 4.90 Å². The Morgan fingerprint density at radius 1 is 1.33 bits per heavy atom. The molecule has 1 heterocycles. The summed E-state index contributed by atoms with van der Waals surface area (Å²) in [5.41, 5.74) is 0.845. The summed E-state index contributed by atoms with van der Waals surface area (Å²) in [6.07, 6.45) is 0.442. The highest BCUT2D eigenvalue weighted by Crippen LogP contribution is 2.26. The topological polar surface area (TPSA) is 20.3 Å². The summed E-state index contributed by atoms with van der Waals surface area (Å²) in [6.45, 7) is -0.00663. The predicted molar refractivity (Wildman–Crippen MR) is 68.6 cm³/mol. The Hall–Kier alpha value is -0.970. The third-order valence-electron chi connectivity index (χ3n) is 3.01. The lowest BCUT2D eigenvalue weighted by atomic mass is 10.1. The first-order valence-corrected chi connectivity index (χ1v) is 6.66. The van der Waals surface area contributed by atoms with Gasteiger partial charge in [-0.1, -0.05) is 28.1 Å². The molecule has 1 aromatic carbocycles. The van der Waals surface area contributed by atoms with Crippen LogP contribution in [0.4, 0.5) is 8.78 Å². The molecule has 2 rings (SSSR count). The van der Waals surface area contributed by atoms with Gasteiger partial charge in [0, 0.05) is 17.4 Å². The number of piperidine rings is 1. The lowest BCUT2D eigenvalue weighted by Gasteiger charge is -2.32. The molecule has 5 heteroatoms. The lowest BCUT2D eigenvalue weighted by Crippen LogP contribution is -2.46. The van der Waals surface area contributed by atoms with Crippen LogP contribution in [0.1, 0.15) is 18.4 Å². The maximum atomic E-state index is 13.2. The normalized spacial score (nSPS) is 18.7. The third-order valence-corrected chi connectivity index (χ3v) is 3.54. The van der Waals surface area contributed by atoms with Gasteiger partial charge in [0.25, 0.3) is 5.92 Å². The number of hydrogen-bond acceptors (Lipinski definition) is 1. The predicted octanol–water partition coefficient (Wildman–Crippen LogP) is 3.25. The van der Waals surface area contributed by atoms with Crippen molar-refractivity contribution >= 4 is 21.8 Å². The van der Waals surface area contributed by atoms with E-state index in [0.29, 0.717) is 13.0 Å². The Bertz CT molecular complexity index is 433. The van der Waals surface area contributed by atoms with Crippen molar-refractivity contribution in [2.75, 3.05) is 13.1 Å². The fourth-order valence-electron chi connectivity index (χ4n) is 2.07. The number of benzene rings is 1. The Morgan fingerprint density at radius 2 is 2.00 bits per heavy atom. The molecule has 1 amide bonds. The van der Waals surface area contributed by atoms with Crippen LogP contribution >= 0.6 is 15.9 Å². The third kappa shape index (κ3) is 3.51. The molecule has 0 saturated carbocycles. The van der Waals surface area contributed by atoms with E-state index in [4.69, 9.17) is 0 Å². The minimum Gasteiger partial charge on any atom is -0.336 e. The van der Waals surface area contributed by atoms with E-state index in [0.717, 1.165) is 10.0 Å². The summed E-state index contributed by atoms with van der Waals surface area (Å²) in [5, 5.41) is 0. The summed E-state index contributed by atoms with van der Waals surface area (Å²) < 4.78 is 27.3. The minimum atomic E-state index is -2.73. The van der Waals surface area contributed by atoms with E-state index >= 15 is 0 Å². The second kappa shape index (κ2) is 5.34. The molecule has 1 aliphatic heterocycles. The van der Waals surface area contributed by atoms with E-state index in [-0.39, 0.29) is 18.7 Å². The van der Waals surface area contributed by atoms with Gasteiger partial charge in [0.05, 0.1) is 13.0 Å². The van der Waals surface area contributed by atoms with Crippen LogP contribution < -0.4 is 0 Å². The van der Waals surface area contributed by atoms with Crippen molar-refractivity contribution in [1.82, 2.24) is 4.90 Å². The van der Waals surface area contributed by atoms with Gasteiger partial charge in [0.1, 0.15) is 0 Å². The molecule has 1 aliphatic rings. The number of carbonyl (C=O) groups is 1. The molecule has 1 fully saturated rings. The zero-order valence-corrected chi connectivity index (χ0v) is 11.4. The maximum Gasteiger partial charge on any atom is 0.265 e. The Balaban J connectivity index is 1.97. The number of hydrogen-bond donors (Lipinski definition) is 0.